The van der Waals surface area contributed by atoms with Crippen molar-refractivity contribution < 1.29 is 5.11 Å². The van der Waals surface area contributed by atoms with Crippen molar-refractivity contribution in [2.24, 2.45) is 5.41 Å². The molecule has 0 saturated carbocycles. The van der Waals surface area contributed by atoms with E-state index < -0.39 is 0 Å². The van der Waals surface area contributed by atoms with E-state index >= 15 is 0 Å². The number of fused-ring (bicyclic) bond motifs is 1. The highest BCUT2D eigenvalue weighted by Crippen LogP contribution is 2.39. The largest absolute Gasteiger partial charge is 0.392 e. The number of benzene rings is 1. The van der Waals surface area contributed by atoms with Crippen molar-refractivity contribution in [3.63, 3.8) is 0 Å². The van der Waals surface area contributed by atoms with Crippen molar-refractivity contribution in [3.8, 4) is 0 Å². The molecule has 0 aromatic heterocycles. The second-order valence-corrected chi connectivity index (χ2v) is 7.42. The molecule has 94 valence electrons. The summed E-state index contributed by atoms with van der Waals surface area (Å²) in [5.74, 6) is 0. The minimum Gasteiger partial charge on any atom is -0.392 e. The van der Waals surface area contributed by atoms with Crippen molar-refractivity contribution >= 4 is 11.8 Å². The van der Waals surface area contributed by atoms with Gasteiger partial charge in [-0.1, -0.05) is 39.0 Å². The molecule has 1 aromatic carbocycles. The second kappa shape index (κ2) is 5.03. The van der Waals surface area contributed by atoms with Crippen LogP contribution >= 0.6 is 11.8 Å². The van der Waals surface area contributed by atoms with Crippen LogP contribution in [0.5, 0.6) is 0 Å². The van der Waals surface area contributed by atoms with Gasteiger partial charge in [0, 0.05) is 10.1 Å². The average molecular weight is 250 g/mol. The minimum atomic E-state index is -0.174. The molecule has 0 radical (unpaired) electrons. The van der Waals surface area contributed by atoms with Crippen LogP contribution in [-0.2, 0) is 6.42 Å². The van der Waals surface area contributed by atoms with Crippen LogP contribution in [0.4, 0.5) is 0 Å². The van der Waals surface area contributed by atoms with Crippen LogP contribution in [0.15, 0.2) is 29.2 Å². The van der Waals surface area contributed by atoms with E-state index in [-0.39, 0.29) is 6.10 Å². The molecule has 1 aromatic rings. The molecule has 1 N–H and O–H groups in total. The zero-order valence-electron chi connectivity index (χ0n) is 10.9. The normalized spacial score (nSPS) is 21.3. The van der Waals surface area contributed by atoms with Gasteiger partial charge in [0.15, 0.2) is 0 Å². The minimum absolute atomic E-state index is 0.174. The molecule has 1 aliphatic rings. The first-order chi connectivity index (χ1) is 7.96. The fourth-order valence-electron chi connectivity index (χ4n) is 2.19. The van der Waals surface area contributed by atoms with Gasteiger partial charge in [0.25, 0.3) is 0 Å². The Morgan fingerprint density at radius 2 is 2.06 bits per heavy atom. The van der Waals surface area contributed by atoms with Crippen molar-refractivity contribution in [2.45, 2.75) is 56.3 Å². The van der Waals surface area contributed by atoms with E-state index in [9.17, 15) is 5.11 Å². The Balaban J connectivity index is 1.90. The third-order valence-electron chi connectivity index (χ3n) is 3.29. The average Bonchev–Trinajstić information content (AvgIpc) is 2.68. The maximum Gasteiger partial charge on any atom is 0.0665 e. The van der Waals surface area contributed by atoms with Gasteiger partial charge in [-0.15, -0.1) is 11.8 Å². The first-order valence-corrected chi connectivity index (χ1v) is 7.26. The van der Waals surface area contributed by atoms with Crippen LogP contribution in [0.2, 0.25) is 0 Å². The van der Waals surface area contributed by atoms with Crippen LogP contribution in [0.25, 0.3) is 0 Å². The van der Waals surface area contributed by atoms with Gasteiger partial charge < -0.3 is 5.11 Å². The standard InChI is InChI=1S/C15H22OS/c1-15(2,3)9-8-12(16)14-10-11-6-4-5-7-13(11)17-14/h4-7,12,14,16H,8-10H2,1-3H3. The predicted molar refractivity (Wildman–Crippen MR) is 74.5 cm³/mol. The van der Waals surface area contributed by atoms with Gasteiger partial charge in [0.05, 0.1) is 6.10 Å². The molecule has 0 saturated heterocycles. The molecule has 2 heteroatoms. The lowest BCUT2D eigenvalue weighted by Gasteiger charge is -2.23. The van der Waals surface area contributed by atoms with E-state index in [1.807, 2.05) is 11.8 Å². The smallest absolute Gasteiger partial charge is 0.0665 e. The van der Waals surface area contributed by atoms with Crippen molar-refractivity contribution in [1.82, 2.24) is 0 Å². The molecule has 0 bridgehead atoms. The van der Waals surface area contributed by atoms with Crippen LogP contribution in [0.3, 0.4) is 0 Å². The highest BCUT2D eigenvalue weighted by Gasteiger charge is 2.28. The summed E-state index contributed by atoms with van der Waals surface area (Å²) in [6, 6.07) is 8.51. The number of aliphatic hydroxyl groups is 1. The number of hydrogen-bond acceptors (Lipinski definition) is 2. The van der Waals surface area contributed by atoms with E-state index in [1.54, 1.807) is 0 Å². The molecule has 0 aliphatic carbocycles. The van der Waals surface area contributed by atoms with E-state index in [0.29, 0.717) is 10.7 Å². The van der Waals surface area contributed by atoms with E-state index in [0.717, 1.165) is 19.3 Å². The fourth-order valence-corrected chi connectivity index (χ4v) is 3.53. The zero-order valence-corrected chi connectivity index (χ0v) is 11.8. The molecular formula is C15H22OS. The Morgan fingerprint density at radius 1 is 1.35 bits per heavy atom. The summed E-state index contributed by atoms with van der Waals surface area (Å²) in [4.78, 5) is 1.35. The maximum absolute atomic E-state index is 10.3. The maximum atomic E-state index is 10.3. The number of aliphatic hydroxyl groups excluding tert-OH is 1. The monoisotopic (exact) mass is 250 g/mol. The van der Waals surface area contributed by atoms with E-state index in [1.165, 1.54) is 10.5 Å². The van der Waals surface area contributed by atoms with Gasteiger partial charge in [0.2, 0.25) is 0 Å². The molecule has 17 heavy (non-hydrogen) atoms. The molecule has 1 nitrogen and oxygen atoms in total. The van der Waals surface area contributed by atoms with Gasteiger partial charge in [-0.3, -0.25) is 0 Å². The summed E-state index contributed by atoms with van der Waals surface area (Å²) in [6.45, 7) is 6.70. The fraction of sp³-hybridized carbons (Fsp3) is 0.600. The zero-order chi connectivity index (χ0) is 12.5. The second-order valence-electron chi connectivity index (χ2n) is 6.13. The molecule has 1 aliphatic heterocycles. The lowest BCUT2D eigenvalue weighted by molar-refractivity contribution is 0.143. The topological polar surface area (TPSA) is 20.2 Å². The van der Waals surface area contributed by atoms with Crippen LogP contribution in [0.1, 0.15) is 39.2 Å². The quantitative estimate of drug-likeness (QED) is 0.878. The third-order valence-corrected chi connectivity index (χ3v) is 4.73. The van der Waals surface area contributed by atoms with Crippen LogP contribution in [-0.4, -0.2) is 16.5 Å². The summed E-state index contributed by atoms with van der Waals surface area (Å²) in [6.07, 6.45) is 2.84. The Labute approximate surface area is 109 Å². The summed E-state index contributed by atoms with van der Waals surface area (Å²) in [7, 11) is 0. The molecule has 0 spiro atoms. The van der Waals surface area contributed by atoms with Crippen molar-refractivity contribution in [3.05, 3.63) is 29.8 Å². The van der Waals surface area contributed by atoms with Gasteiger partial charge in [0.1, 0.15) is 0 Å². The predicted octanol–water partition coefficient (Wildman–Crippen LogP) is 3.89. The Hall–Kier alpha value is -0.470. The lowest BCUT2D eigenvalue weighted by Crippen LogP contribution is -2.24. The highest BCUT2D eigenvalue weighted by molar-refractivity contribution is 8.00. The number of rotatable bonds is 3. The lowest BCUT2D eigenvalue weighted by atomic mass is 9.88. The van der Waals surface area contributed by atoms with Crippen LogP contribution in [0, 0.1) is 5.41 Å². The highest BCUT2D eigenvalue weighted by atomic mass is 32.2. The third kappa shape index (κ3) is 3.49. The van der Waals surface area contributed by atoms with E-state index in [4.69, 9.17) is 0 Å². The summed E-state index contributed by atoms with van der Waals surface area (Å²) in [5.41, 5.74) is 1.72. The summed E-state index contributed by atoms with van der Waals surface area (Å²) >= 11 is 1.84. The van der Waals surface area contributed by atoms with Gasteiger partial charge in [-0.25, -0.2) is 0 Å². The van der Waals surface area contributed by atoms with E-state index in [2.05, 4.69) is 45.0 Å². The molecule has 0 fully saturated rings. The Morgan fingerprint density at radius 3 is 2.71 bits per heavy atom. The summed E-state index contributed by atoms with van der Waals surface area (Å²) < 4.78 is 0. The number of thioether (sulfide) groups is 1. The first-order valence-electron chi connectivity index (χ1n) is 6.38. The van der Waals surface area contributed by atoms with Gasteiger partial charge in [-0.2, -0.15) is 0 Å². The SMILES string of the molecule is CC(C)(C)CCC(O)C1Cc2ccccc2S1. The summed E-state index contributed by atoms with van der Waals surface area (Å²) in [5, 5.41) is 10.6. The van der Waals surface area contributed by atoms with Crippen molar-refractivity contribution in [2.75, 3.05) is 0 Å². The molecular weight excluding hydrogens is 228 g/mol. The molecule has 2 atom stereocenters. The first kappa shape index (κ1) is 13.0. The van der Waals surface area contributed by atoms with Gasteiger partial charge in [-0.05, 0) is 36.3 Å². The molecule has 0 amide bonds. The molecule has 1 heterocycles. The number of hydrogen-bond donors (Lipinski definition) is 1. The van der Waals surface area contributed by atoms with Gasteiger partial charge >= 0.3 is 0 Å². The Bertz CT molecular complexity index is 356. The van der Waals surface area contributed by atoms with Crippen molar-refractivity contribution in [1.29, 1.82) is 0 Å². The molecule has 2 unspecified atom stereocenters. The Kier molecular flexibility index (Phi) is 3.84. The molecule has 2 rings (SSSR count). The van der Waals surface area contributed by atoms with Crippen LogP contribution < -0.4 is 0 Å².